The van der Waals surface area contributed by atoms with Gasteiger partial charge >= 0.3 is 0 Å². The van der Waals surface area contributed by atoms with Gasteiger partial charge in [-0.25, -0.2) is 0 Å². The van der Waals surface area contributed by atoms with Crippen molar-refractivity contribution in [2.45, 2.75) is 24.8 Å². The Balaban J connectivity index is 1.56. The highest BCUT2D eigenvalue weighted by molar-refractivity contribution is 9.10. The van der Waals surface area contributed by atoms with E-state index in [-0.39, 0.29) is 0 Å². The Hall–Kier alpha value is -1.48. The van der Waals surface area contributed by atoms with E-state index < -0.39 is 0 Å². The summed E-state index contributed by atoms with van der Waals surface area (Å²) < 4.78 is 6.40. The monoisotopic (exact) mass is 331 g/mol. The van der Waals surface area contributed by atoms with Crippen molar-refractivity contribution in [1.29, 1.82) is 0 Å². The normalized spacial score (nSPS) is 21.1. The van der Waals surface area contributed by atoms with Crippen molar-refractivity contribution in [3.05, 3.63) is 58.6 Å². The maximum absolute atomic E-state index is 5.17. The minimum absolute atomic E-state index is 0.570. The van der Waals surface area contributed by atoms with Crippen LogP contribution in [0.25, 0.3) is 0 Å². The lowest BCUT2D eigenvalue weighted by Crippen LogP contribution is -2.34. The third kappa shape index (κ3) is 2.83. The molecule has 1 fully saturated rings. The molecule has 3 heteroatoms. The molecule has 0 aromatic heterocycles. The number of hydrogen-bond acceptors (Lipinski definition) is 2. The summed E-state index contributed by atoms with van der Waals surface area (Å²) in [6.07, 6.45) is 2.38. The van der Waals surface area contributed by atoms with Gasteiger partial charge in [0.2, 0.25) is 0 Å². The second kappa shape index (κ2) is 5.88. The standard InChI is InChI=1S/C17H18BrNO/c1-20-15-8-6-13(7-9-15)19-14-10-12(11-14)16-4-2-3-5-17(16)18/h2-9,12,14,19H,10-11H2,1H3. The fraction of sp³-hybridized carbons (Fsp3) is 0.294. The molecule has 1 aliphatic carbocycles. The van der Waals surface area contributed by atoms with Gasteiger partial charge in [-0.1, -0.05) is 34.1 Å². The molecule has 0 heterocycles. The highest BCUT2D eigenvalue weighted by Gasteiger charge is 2.31. The molecule has 0 bridgehead atoms. The summed E-state index contributed by atoms with van der Waals surface area (Å²) in [7, 11) is 1.69. The van der Waals surface area contributed by atoms with E-state index in [9.17, 15) is 0 Å². The molecule has 20 heavy (non-hydrogen) atoms. The van der Waals surface area contributed by atoms with Gasteiger partial charge in [-0.2, -0.15) is 0 Å². The lowest BCUT2D eigenvalue weighted by Gasteiger charge is -2.37. The smallest absolute Gasteiger partial charge is 0.119 e. The molecule has 1 aliphatic rings. The molecular formula is C17H18BrNO. The first-order valence-electron chi connectivity index (χ1n) is 6.91. The average Bonchev–Trinajstić information content (AvgIpc) is 2.44. The molecule has 1 N–H and O–H groups in total. The van der Waals surface area contributed by atoms with Crippen LogP contribution in [-0.2, 0) is 0 Å². The summed E-state index contributed by atoms with van der Waals surface area (Å²) in [4.78, 5) is 0. The van der Waals surface area contributed by atoms with Crippen molar-refractivity contribution >= 4 is 21.6 Å². The van der Waals surface area contributed by atoms with Gasteiger partial charge in [0, 0.05) is 16.2 Å². The van der Waals surface area contributed by atoms with Gasteiger partial charge < -0.3 is 10.1 Å². The fourth-order valence-electron chi connectivity index (χ4n) is 2.72. The molecular weight excluding hydrogens is 314 g/mol. The Kier molecular flexibility index (Phi) is 3.97. The van der Waals surface area contributed by atoms with Gasteiger partial charge in [0.15, 0.2) is 0 Å². The summed E-state index contributed by atoms with van der Waals surface area (Å²) in [6.45, 7) is 0. The van der Waals surface area contributed by atoms with Crippen LogP contribution in [0.15, 0.2) is 53.0 Å². The Morgan fingerprint density at radius 3 is 2.40 bits per heavy atom. The number of benzene rings is 2. The third-order valence-corrected chi connectivity index (χ3v) is 4.67. The van der Waals surface area contributed by atoms with E-state index in [1.807, 2.05) is 12.1 Å². The van der Waals surface area contributed by atoms with Gasteiger partial charge in [0.25, 0.3) is 0 Å². The summed E-state index contributed by atoms with van der Waals surface area (Å²) in [6, 6.07) is 17.2. The number of hydrogen-bond donors (Lipinski definition) is 1. The van der Waals surface area contributed by atoms with Crippen LogP contribution in [0.1, 0.15) is 24.3 Å². The maximum Gasteiger partial charge on any atom is 0.119 e. The van der Waals surface area contributed by atoms with Gasteiger partial charge in [0.1, 0.15) is 5.75 Å². The van der Waals surface area contributed by atoms with Gasteiger partial charge in [-0.3, -0.25) is 0 Å². The van der Waals surface area contributed by atoms with Crippen LogP contribution >= 0.6 is 15.9 Å². The van der Waals surface area contributed by atoms with Gasteiger partial charge in [-0.15, -0.1) is 0 Å². The van der Waals surface area contributed by atoms with Crippen molar-refractivity contribution in [2.75, 3.05) is 12.4 Å². The molecule has 2 nitrogen and oxygen atoms in total. The summed E-state index contributed by atoms with van der Waals surface area (Å²) in [5, 5.41) is 3.58. The average molecular weight is 332 g/mol. The molecule has 0 saturated heterocycles. The van der Waals surface area contributed by atoms with E-state index in [0.29, 0.717) is 12.0 Å². The van der Waals surface area contributed by atoms with E-state index in [1.54, 1.807) is 7.11 Å². The highest BCUT2D eigenvalue weighted by Crippen LogP contribution is 2.41. The lowest BCUT2D eigenvalue weighted by atomic mass is 9.76. The summed E-state index contributed by atoms with van der Waals surface area (Å²) in [5.74, 6) is 1.57. The number of anilines is 1. The second-order valence-electron chi connectivity index (χ2n) is 5.26. The first-order chi connectivity index (χ1) is 9.76. The molecule has 0 radical (unpaired) electrons. The van der Waals surface area contributed by atoms with Crippen LogP contribution in [0.2, 0.25) is 0 Å². The topological polar surface area (TPSA) is 21.3 Å². The SMILES string of the molecule is COc1ccc(NC2CC(c3ccccc3Br)C2)cc1. The number of rotatable bonds is 4. The molecule has 0 amide bonds. The minimum Gasteiger partial charge on any atom is -0.497 e. The number of nitrogens with one attached hydrogen (secondary N) is 1. The Morgan fingerprint density at radius 1 is 1.05 bits per heavy atom. The fourth-order valence-corrected chi connectivity index (χ4v) is 3.33. The van der Waals surface area contributed by atoms with Crippen molar-refractivity contribution in [3.8, 4) is 5.75 Å². The zero-order valence-corrected chi connectivity index (χ0v) is 13.1. The molecule has 0 aliphatic heterocycles. The van der Waals surface area contributed by atoms with E-state index >= 15 is 0 Å². The highest BCUT2D eigenvalue weighted by atomic mass is 79.9. The van der Waals surface area contributed by atoms with Crippen LogP contribution in [0.3, 0.4) is 0 Å². The van der Waals surface area contributed by atoms with E-state index in [0.717, 1.165) is 5.75 Å². The quantitative estimate of drug-likeness (QED) is 0.867. The zero-order chi connectivity index (χ0) is 13.9. The Bertz CT molecular complexity index is 576. The van der Waals surface area contributed by atoms with Crippen LogP contribution in [0.4, 0.5) is 5.69 Å². The van der Waals surface area contributed by atoms with Crippen LogP contribution < -0.4 is 10.1 Å². The second-order valence-corrected chi connectivity index (χ2v) is 6.11. The molecule has 3 rings (SSSR count). The lowest BCUT2D eigenvalue weighted by molar-refractivity contribution is 0.373. The van der Waals surface area contributed by atoms with Crippen molar-refractivity contribution in [1.82, 2.24) is 0 Å². The molecule has 1 saturated carbocycles. The number of halogens is 1. The Labute approximate surface area is 128 Å². The summed E-state index contributed by atoms with van der Waals surface area (Å²) >= 11 is 3.64. The van der Waals surface area contributed by atoms with Gasteiger partial charge in [-0.05, 0) is 54.7 Å². The minimum atomic E-state index is 0.570. The third-order valence-electron chi connectivity index (χ3n) is 3.94. The predicted molar refractivity (Wildman–Crippen MR) is 86.5 cm³/mol. The summed E-state index contributed by atoms with van der Waals surface area (Å²) in [5.41, 5.74) is 2.60. The van der Waals surface area contributed by atoms with E-state index in [2.05, 4.69) is 57.6 Å². The first kappa shape index (κ1) is 13.5. The van der Waals surface area contributed by atoms with Crippen LogP contribution in [0.5, 0.6) is 5.75 Å². The van der Waals surface area contributed by atoms with Gasteiger partial charge in [0.05, 0.1) is 7.11 Å². The maximum atomic E-state index is 5.17. The zero-order valence-electron chi connectivity index (χ0n) is 11.5. The predicted octanol–water partition coefficient (Wildman–Crippen LogP) is 4.82. The van der Waals surface area contributed by atoms with Crippen molar-refractivity contribution < 1.29 is 4.74 Å². The Morgan fingerprint density at radius 2 is 1.75 bits per heavy atom. The first-order valence-corrected chi connectivity index (χ1v) is 7.70. The number of methoxy groups -OCH3 is 1. The van der Waals surface area contributed by atoms with E-state index in [1.165, 1.54) is 28.6 Å². The molecule has 0 unspecified atom stereocenters. The molecule has 0 atom stereocenters. The van der Waals surface area contributed by atoms with Crippen LogP contribution in [-0.4, -0.2) is 13.2 Å². The molecule has 0 spiro atoms. The van der Waals surface area contributed by atoms with Crippen molar-refractivity contribution in [3.63, 3.8) is 0 Å². The number of ether oxygens (including phenoxy) is 1. The molecule has 104 valence electrons. The molecule has 2 aromatic carbocycles. The van der Waals surface area contributed by atoms with E-state index in [4.69, 9.17) is 4.74 Å². The molecule has 2 aromatic rings. The van der Waals surface area contributed by atoms with Crippen molar-refractivity contribution in [2.24, 2.45) is 0 Å². The largest absolute Gasteiger partial charge is 0.497 e. The van der Waals surface area contributed by atoms with Crippen LogP contribution in [0, 0.1) is 0 Å².